The lowest BCUT2D eigenvalue weighted by molar-refractivity contribution is -0.138. The van der Waals surface area contributed by atoms with Gasteiger partial charge < -0.3 is 20.2 Å². The van der Waals surface area contributed by atoms with E-state index in [0.29, 0.717) is 6.42 Å². The molecule has 3 aromatic carbocycles. The third kappa shape index (κ3) is 5.06. The zero-order valence-electron chi connectivity index (χ0n) is 17.9. The van der Waals surface area contributed by atoms with E-state index < -0.39 is 12.0 Å². The maximum Gasteiger partial charge on any atom is 0.326 e. The molecule has 31 heavy (non-hydrogen) atoms. The smallest absolute Gasteiger partial charge is 0.326 e. The first-order valence-electron chi connectivity index (χ1n) is 10.8. The summed E-state index contributed by atoms with van der Waals surface area (Å²) in [5, 5.41) is 13.2. The fourth-order valence-corrected chi connectivity index (χ4v) is 4.10. The summed E-state index contributed by atoms with van der Waals surface area (Å²) in [6, 6.07) is 25.9. The number of anilines is 2. The van der Waals surface area contributed by atoms with E-state index in [1.54, 1.807) is 0 Å². The van der Waals surface area contributed by atoms with Crippen molar-refractivity contribution in [3.8, 4) is 11.1 Å². The van der Waals surface area contributed by atoms with Crippen LogP contribution in [0.1, 0.15) is 5.56 Å². The van der Waals surface area contributed by atoms with Crippen molar-refractivity contribution in [3.63, 3.8) is 0 Å². The van der Waals surface area contributed by atoms with Crippen molar-refractivity contribution in [3.05, 3.63) is 84.4 Å². The van der Waals surface area contributed by atoms with E-state index in [9.17, 15) is 9.90 Å². The average Bonchev–Trinajstić information content (AvgIpc) is 2.83. The van der Waals surface area contributed by atoms with E-state index in [-0.39, 0.29) is 0 Å². The van der Waals surface area contributed by atoms with Crippen LogP contribution in [-0.4, -0.2) is 50.3 Å². The molecule has 0 aliphatic carbocycles. The van der Waals surface area contributed by atoms with Gasteiger partial charge in [0.15, 0.2) is 0 Å². The van der Waals surface area contributed by atoms with Crippen LogP contribution in [0.4, 0.5) is 11.4 Å². The summed E-state index contributed by atoms with van der Waals surface area (Å²) in [6.45, 7) is 4.09. The molecular weight excluding hydrogens is 386 g/mol. The summed E-state index contributed by atoms with van der Waals surface area (Å²) in [4.78, 5) is 16.3. The number of carboxylic acids is 1. The number of nitrogens with one attached hydrogen (secondary N) is 1. The monoisotopic (exact) mass is 415 g/mol. The molecule has 1 aliphatic rings. The lowest BCUT2D eigenvalue weighted by Gasteiger charge is -2.29. The van der Waals surface area contributed by atoms with Gasteiger partial charge in [-0.1, -0.05) is 54.6 Å². The number of carboxylic acid groups (broad SMARTS) is 1. The van der Waals surface area contributed by atoms with Crippen molar-refractivity contribution in [2.24, 2.45) is 0 Å². The molecule has 160 valence electrons. The van der Waals surface area contributed by atoms with E-state index in [1.165, 1.54) is 5.69 Å². The maximum atomic E-state index is 12.0. The normalized spacial score (nSPS) is 14.8. The summed E-state index contributed by atoms with van der Waals surface area (Å²) in [7, 11) is 1.86. The SMILES string of the molecule is CN(c1cccc(-c2ccc(N3CCNCC3)cc2)c1)C(Cc1ccccc1)C(=O)O. The number of benzene rings is 3. The van der Waals surface area contributed by atoms with Gasteiger partial charge in [0.05, 0.1) is 0 Å². The predicted octanol–water partition coefficient (Wildman–Crippen LogP) is 3.90. The zero-order chi connectivity index (χ0) is 21.6. The predicted molar refractivity (Wildman–Crippen MR) is 127 cm³/mol. The first kappa shape index (κ1) is 20.9. The Bertz CT molecular complexity index is 999. The Kier molecular flexibility index (Phi) is 6.53. The third-order valence-electron chi connectivity index (χ3n) is 5.96. The van der Waals surface area contributed by atoms with Gasteiger partial charge in [-0.25, -0.2) is 4.79 Å². The van der Waals surface area contributed by atoms with Gasteiger partial charge in [0.25, 0.3) is 0 Å². The minimum absolute atomic E-state index is 0.455. The molecule has 1 fully saturated rings. The second-order valence-corrected chi connectivity index (χ2v) is 7.99. The van der Waals surface area contributed by atoms with Crippen molar-refractivity contribution in [2.45, 2.75) is 12.5 Å². The zero-order valence-corrected chi connectivity index (χ0v) is 17.9. The molecular formula is C26H29N3O2. The summed E-state index contributed by atoms with van der Waals surface area (Å²) >= 11 is 0. The molecule has 5 nitrogen and oxygen atoms in total. The van der Waals surface area contributed by atoms with Crippen molar-refractivity contribution in [1.82, 2.24) is 5.32 Å². The van der Waals surface area contributed by atoms with Gasteiger partial charge in [-0.3, -0.25) is 0 Å². The van der Waals surface area contributed by atoms with E-state index in [1.807, 2.05) is 54.4 Å². The summed E-state index contributed by atoms with van der Waals surface area (Å²) in [5.41, 5.74) is 5.37. The van der Waals surface area contributed by atoms with Gasteiger partial charge >= 0.3 is 5.97 Å². The molecule has 0 aromatic heterocycles. The first-order chi connectivity index (χ1) is 15.1. The van der Waals surface area contributed by atoms with Crippen molar-refractivity contribution >= 4 is 17.3 Å². The number of aliphatic carboxylic acids is 1. The van der Waals surface area contributed by atoms with Gasteiger partial charge in [-0.15, -0.1) is 0 Å². The Balaban J connectivity index is 1.53. The maximum absolute atomic E-state index is 12.0. The summed E-state index contributed by atoms with van der Waals surface area (Å²) in [6.07, 6.45) is 0.455. The number of nitrogens with zero attached hydrogens (tertiary/aromatic N) is 2. The van der Waals surface area contributed by atoms with E-state index in [0.717, 1.165) is 48.6 Å². The second-order valence-electron chi connectivity index (χ2n) is 7.99. The minimum Gasteiger partial charge on any atom is -0.480 e. The minimum atomic E-state index is -0.822. The highest BCUT2D eigenvalue weighted by Gasteiger charge is 2.23. The Morgan fingerprint density at radius 1 is 0.968 bits per heavy atom. The molecule has 2 N–H and O–H groups in total. The number of hydrogen-bond donors (Lipinski definition) is 2. The third-order valence-corrected chi connectivity index (χ3v) is 5.96. The Labute approximate surface area is 183 Å². The quantitative estimate of drug-likeness (QED) is 0.613. The van der Waals surface area contributed by atoms with Crippen molar-refractivity contribution < 1.29 is 9.90 Å². The lowest BCUT2D eigenvalue weighted by atomic mass is 10.0. The van der Waals surface area contributed by atoms with Gasteiger partial charge in [0.1, 0.15) is 6.04 Å². The van der Waals surface area contributed by atoms with Crippen LogP contribution in [0.25, 0.3) is 11.1 Å². The number of likely N-dealkylation sites (N-methyl/N-ethyl adjacent to an activating group) is 1. The van der Waals surface area contributed by atoms with Crippen molar-refractivity contribution in [1.29, 1.82) is 0 Å². The molecule has 4 rings (SSSR count). The summed E-state index contributed by atoms with van der Waals surface area (Å²) in [5.74, 6) is -0.822. The van der Waals surface area contributed by atoms with Gasteiger partial charge in [-0.05, 0) is 41.0 Å². The number of hydrogen-bond acceptors (Lipinski definition) is 4. The second kappa shape index (κ2) is 9.67. The highest BCUT2D eigenvalue weighted by atomic mass is 16.4. The highest BCUT2D eigenvalue weighted by Crippen LogP contribution is 2.28. The van der Waals surface area contributed by atoms with Gasteiger partial charge in [0, 0.05) is 51.0 Å². The van der Waals surface area contributed by atoms with Gasteiger partial charge in [-0.2, -0.15) is 0 Å². The van der Waals surface area contributed by atoms with Crippen LogP contribution in [0.15, 0.2) is 78.9 Å². The number of piperazine rings is 1. The largest absolute Gasteiger partial charge is 0.480 e. The number of carbonyl (C=O) groups is 1. The van der Waals surface area contributed by atoms with Crippen LogP contribution >= 0.6 is 0 Å². The van der Waals surface area contributed by atoms with E-state index in [4.69, 9.17) is 0 Å². The molecule has 3 aromatic rings. The summed E-state index contributed by atoms with van der Waals surface area (Å²) < 4.78 is 0. The van der Waals surface area contributed by atoms with Crippen LogP contribution in [0.3, 0.4) is 0 Å². The topological polar surface area (TPSA) is 55.8 Å². The Morgan fingerprint density at radius 3 is 2.35 bits per heavy atom. The van der Waals surface area contributed by atoms with Crippen LogP contribution in [-0.2, 0) is 11.2 Å². The lowest BCUT2D eigenvalue weighted by Crippen LogP contribution is -2.43. The molecule has 0 amide bonds. The van der Waals surface area contributed by atoms with Crippen LogP contribution in [0.2, 0.25) is 0 Å². The molecule has 0 saturated carbocycles. The molecule has 0 spiro atoms. The van der Waals surface area contributed by atoms with Crippen LogP contribution in [0.5, 0.6) is 0 Å². The van der Waals surface area contributed by atoms with E-state index in [2.05, 4.69) is 46.6 Å². The van der Waals surface area contributed by atoms with Crippen LogP contribution < -0.4 is 15.1 Å². The molecule has 5 heteroatoms. The van der Waals surface area contributed by atoms with E-state index >= 15 is 0 Å². The standard InChI is InChI=1S/C26H29N3O2/c1-28(25(26(30)31)18-20-6-3-2-4-7-20)24-9-5-8-22(19-24)21-10-12-23(13-11-21)29-16-14-27-15-17-29/h2-13,19,25,27H,14-18H2,1H3,(H,30,31). The average molecular weight is 416 g/mol. The highest BCUT2D eigenvalue weighted by molar-refractivity contribution is 5.79. The molecule has 0 radical (unpaired) electrons. The fourth-order valence-electron chi connectivity index (χ4n) is 4.10. The molecule has 1 atom stereocenters. The first-order valence-corrected chi connectivity index (χ1v) is 10.8. The van der Waals surface area contributed by atoms with Gasteiger partial charge in [0.2, 0.25) is 0 Å². The van der Waals surface area contributed by atoms with Crippen molar-refractivity contribution in [2.75, 3.05) is 43.0 Å². The molecule has 1 aliphatic heterocycles. The Hall–Kier alpha value is -3.31. The number of rotatable bonds is 7. The molecule has 1 heterocycles. The van der Waals surface area contributed by atoms with Crippen LogP contribution in [0, 0.1) is 0 Å². The molecule has 1 saturated heterocycles. The molecule has 0 bridgehead atoms. The molecule has 1 unspecified atom stereocenters. The Morgan fingerprint density at radius 2 is 1.68 bits per heavy atom. The fraction of sp³-hybridized carbons (Fsp3) is 0.269.